The number of fused-ring (bicyclic) bond motifs is 1. The number of nitrogens with zero attached hydrogens (tertiary/aromatic N) is 2. The first kappa shape index (κ1) is 13.2. The molecule has 3 nitrogen and oxygen atoms in total. The molecule has 1 heterocycles. The van der Waals surface area contributed by atoms with Crippen LogP contribution in [0.25, 0.3) is 10.9 Å². The zero-order chi connectivity index (χ0) is 13.3. The molecule has 0 spiro atoms. The lowest BCUT2D eigenvalue weighted by molar-refractivity contribution is -0.0401. The summed E-state index contributed by atoms with van der Waals surface area (Å²) in [6.07, 6.45) is -2.22. The van der Waals surface area contributed by atoms with Gasteiger partial charge >= 0.3 is 5.38 Å². The van der Waals surface area contributed by atoms with Gasteiger partial charge in [0.1, 0.15) is 6.10 Å². The van der Waals surface area contributed by atoms with E-state index in [1.807, 2.05) is 19.1 Å². The molecule has 0 saturated carbocycles. The third-order valence-electron chi connectivity index (χ3n) is 2.80. The molecule has 1 aromatic heterocycles. The molecule has 0 fully saturated rings. The quantitative estimate of drug-likeness (QED) is 0.871. The summed E-state index contributed by atoms with van der Waals surface area (Å²) in [6.45, 7) is 2.55. The van der Waals surface area contributed by atoms with E-state index < -0.39 is 11.5 Å². The van der Waals surface area contributed by atoms with E-state index in [0.29, 0.717) is 12.2 Å². The molecule has 1 unspecified atom stereocenters. The van der Waals surface area contributed by atoms with Crippen molar-refractivity contribution in [1.29, 1.82) is 0 Å². The van der Waals surface area contributed by atoms with Gasteiger partial charge in [-0.1, -0.05) is 18.2 Å². The molecule has 0 aliphatic rings. The fraction of sp³-hybridized carbons (Fsp3) is 0.417. The molecule has 0 aliphatic carbocycles. The first-order chi connectivity index (χ1) is 8.43. The second-order valence-electron chi connectivity index (χ2n) is 4.04. The number of rotatable bonds is 4. The van der Waals surface area contributed by atoms with Gasteiger partial charge < -0.3 is 5.11 Å². The molecule has 2 rings (SSSR count). The smallest absolute Gasteiger partial charge is 0.347 e. The molecule has 1 atom stereocenters. The van der Waals surface area contributed by atoms with Gasteiger partial charge in [-0.3, -0.25) is 4.68 Å². The van der Waals surface area contributed by atoms with E-state index in [4.69, 9.17) is 11.6 Å². The monoisotopic (exact) mass is 274 g/mol. The highest BCUT2D eigenvalue weighted by Gasteiger charge is 2.36. The van der Waals surface area contributed by atoms with Crippen molar-refractivity contribution >= 4 is 22.5 Å². The second-order valence-corrected chi connectivity index (χ2v) is 4.55. The number of para-hydroxylation sites is 1. The number of aromatic nitrogens is 2. The van der Waals surface area contributed by atoms with Crippen LogP contribution in [0.2, 0.25) is 0 Å². The van der Waals surface area contributed by atoms with Crippen LogP contribution >= 0.6 is 11.6 Å². The minimum absolute atomic E-state index is 0.274. The van der Waals surface area contributed by atoms with E-state index in [1.165, 1.54) is 0 Å². The van der Waals surface area contributed by atoms with Gasteiger partial charge in [0.2, 0.25) is 0 Å². The first-order valence-electron chi connectivity index (χ1n) is 5.62. The summed E-state index contributed by atoms with van der Waals surface area (Å²) in [5, 5.41) is 10.7. The van der Waals surface area contributed by atoms with Gasteiger partial charge in [0.25, 0.3) is 0 Å². The van der Waals surface area contributed by atoms with Gasteiger partial charge in [-0.25, -0.2) is 0 Å². The van der Waals surface area contributed by atoms with E-state index in [1.54, 1.807) is 16.8 Å². The van der Waals surface area contributed by atoms with Crippen LogP contribution in [0.4, 0.5) is 8.78 Å². The van der Waals surface area contributed by atoms with Crippen LogP contribution in [0.1, 0.15) is 12.6 Å². The molecule has 6 heteroatoms. The highest BCUT2D eigenvalue weighted by Crippen LogP contribution is 2.28. The zero-order valence-corrected chi connectivity index (χ0v) is 10.5. The van der Waals surface area contributed by atoms with E-state index in [2.05, 4.69) is 5.10 Å². The van der Waals surface area contributed by atoms with E-state index in [-0.39, 0.29) is 6.42 Å². The molecule has 1 aromatic carbocycles. The number of halogens is 3. The molecule has 0 bridgehead atoms. The molecular weight excluding hydrogens is 262 g/mol. The average Bonchev–Trinajstić information content (AvgIpc) is 2.67. The van der Waals surface area contributed by atoms with Crippen molar-refractivity contribution in [2.45, 2.75) is 31.4 Å². The first-order valence-corrected chi connectivity index (χ1v) is 6.00. The number of aliphatic hydroxyl groups is 1. The maximum absolute atomic E-state index is 12.8. The Morgan fingerprint density at radius 2 is 2.11 bits per heavy atom. The Kier molecular flexibility index (Phi) is 3.54. The lowest BCUT2D eigenvalue weighted by Crippen LogP contribution is -2.29. The topological polar surface area (TPSA) is 38.0 Å². The van der Waals surface area contributed by atoms with Crippen molar-refractivity contribution in [3.05, 3.63) is 30.0 Å². The van der Waals surface area contributed by atoms with E-state index in [0.717, 1.165) is 10.9 Å². The van der Waals surface area contributed by atoms with Crippen LogP contribution < -0.4 is 0 Å². The Morgan fingerprint density at radius 1 is 1.44 bits per heavy atom. The highest BCUT2D eigenvalue weighted by atomic mass is 35.5. The Labute approximate surface area is 108 Å². The van der Waals surface area contributed by atoms with Crippen LogP contribution in [0, 0.1) is 0 Å². The number of benzene rings is 1. The Morgan fingerprint density at radius 3 is 2.72 bits per heavy atom. The number of hydrogen-bond acceptors (Lipinski definition) is 2. The molecule has 1 N–H and O–H groups in total. The van der Waals surface area contributed by atoms with Crippen LogP contribution in [0.3, 0.4) is 0 Å². The van der Waals surface area contributed by atoms with Gasteiger partial charge in [-0.15, -0.1) is 0 Å². The predicted octanol–water partition coefficient (Wildman–Crippen LogP) is 2.79. The summed E-state index contributed by atoms with van der Waals surface area (Å²) in [5.41, 5.74) is 1.29. The summed E-state index contributed by atoms with van der Waals surface area (Å²) in [4.78, 5) is 0. The standard InChI is InChI=1S/C12H13ClF2N2O/c1-2-17-10-6-4-3-5-8(10)9(16-17)7-11(18)12(13,14)15/h3-6,11,18H,2,7H2,1H3. The van der Waals surface area contributed by atoms with Crippen LogP contribution in [-0.2, 0) is 13.0 Å². The normalized spacial score (nSPS) is 14.1. The minimum Gasteiger partial charge on any atom is -0.385 e. The average molecular weight is 275 g/mol. The summed E-state index contributed by atoms with van der Waals surface area (Å²) in [5.74, 6) is 0. The summed E-state index contributed by atoms with van der Waals surface area (Å²) < 4.78 is 27.3. The van der Waals surface area contributed by atoms with Gasteiger partial charge in [0.15, 0.2) is 0 Å². The summed E-state index contributed by atoms with van der Waals surface area (Å²) in [6, 6.07) is 7.31. The Bertz CT molecular complexity index is 550. The zero-order valence-electron chi connectivity index (χ0n) is 9.78. The van der Waals surface area contributed by atoms with Gasteiger partial charge in [0.05, 0.1) is 11.2 Å². The van der Waals surface area contributed by atoms with Crippen molar-refractivity contribution in [2.75, 3.05) is 0 Å². The SMILES string of the molecule is CCn1nc(CC(O)C(F)(F)Cl)c2ccccc21. The number of hydrogen-bond donors (Lipinski definition) is 1. The van der Waals surface area contributed by atoms with Gasteiger partial charge in [-0.2, -0.15) is 13.9 Å². The predicted molar refractivity (Wildman–Crippen MR) is 65.9 cm³/mol. The largest absolute Gasteiger partial charge is 0.385 e. The lowest BCUT2D eigenvalue weighted by atomic mass is 10.1. The Balaban J connectivity index is 2.40. The number of aryl methyl sites for hydroxylation is 1. The Hall–Kier alpha value is -1.20. The van der Waals surface area contributed by atoms with Gasteiger partial charge in [-0.05, 0) is 24.6 Å². The highest BCUT2D eigenvalue weighted by molar-refractivity contribution is 6.22. The fourth-order valence-corrected chi connectivity index (χ4v) is 1.96. The van der Waals surface area contributed by atoms with E-state index >= 15 is 0 Å². The van der Waals surface area contributed by atoms with Crippen LogP contribution in [-0.4, -0.2) is 26.4 Å². The molecule has 0 amide bonds. The molecule has 2 aromatic rings. The van der Waals surface area contributed by atoms with Crippen molar-refractivity contribution in [3.63, 3.8) is 0 Å². The third kappa shape index (κ3) is 2.47. The maximum atomic E-state index is 12.8. The molecule has 98 valence electrons. The lowest BCUT2D eigenvalue weighted by Gasteiger charge is -2.14. The molecule has 0 saturated heterocycles. The molecule has 18 heavy (non-hydrogen) atoms. The molecule has 0 radical (unpaired) electrons. The van der Waals surface area contributed by atoms with Crippen LogP contribution in [0.5, 0.6) is 0 Å². The van der Waals surface area contributed by atoms with E-state index in [9.17, 15) is 13.9 Å². The second kappa shape index (κ2) is 4.82. The van der Waals surface area contributed by atoms with Crippen molar-refractivity contribution in [3.8, 4) is 0 Å². The summed E-state index contributed by atoms with van der Waals surface area (Å²) in [7, 11) is 0. The third-order valence-corrected chi connectivity index (χ3v) is 3.05. The summed E-state index contributed by atoms with van der Waals surface area (Å²) >= 11 is 4.81. The minimum atomic E-state index is -3.64. The molecule has 0 aliphatic heterocycles. The van der Waals surface area contributed by atoms with Crippen LogP contribution in [0.15, 0.2) is 24.3 Å². The van der Waals surface area contributed by atoms with Gasteiger partial charge in [0, 0.05) is 18.4 Å². The van der Waals surface area contributed by atoms with Crippen molar-refractivity contribution < 1.29 is 13.9 Å². The van der Waals surface area contributed by atoms with Crippen molar-refractivity contribution in [1.82, 2.24) is 9.78 Å². The fourth-order valence-electron chi connectivity index (χ4n) is 1.89. The number of alkyl halides is 3. The molecular formula is C12H13ClF2N2O. The maximum Gasteiger partial charge on any atom is 0.347 e. The number of aliphatic hydroxyl groups excluding tert-OH is 1. The van der Waals surface area contributed by atoms with Crippen molar-refractivity contribution in [2.24, 2.45) is 0 Å².